The molecule has 0 atom stereocenters. The number of nitrogens with one attached hydrogen (secondary N) is 1. The van der Waals surface area contributed by atoms with E-state index in [0.717, 1.165) is 33.9 Å². The van der Waals surface area contributed by atoms with Crippen molar-refractivity contribution in [1.82, 2.24) is 14.9 Å². The van der Waals surface area contributed by atoms with Crippen molar-refractivity contribution in [2.75, 3.05) is 18.3 Å². The number of rotatable bonds is 7. The van der Waals surface area contributed by atoms with Gasteiger partial charge in [0.2, 0.25) is 12.7 Å². The number of benzene rings is 2. The Hall–Kier alpha value is -2.91. The lowest BCUT2D eigenvalue weighted by atomic mass is 10.2. The van der Waals surface area contributed by atoms with Crippen molar-refractivity contribution in [2.24, 2.45) is 0 Å². The van der Waals surface area contributed by atoms with Crippen molar-refractivity contribution in [3.05, 3.63) is 75.7 Å². The minimum atomic E-state index is -0.122. The summed E-state index contributed by atoms with van der Waals surface area (Å²) in [5, 5.41) is 3.50. The quantitative estimate of drug-likeness (QED) is 0.422. The van der Waals surface area contributed by atoms with Gasteiger partial charge in [-0.1, -0.05) is 48.2 Å². The molecule has 164 valence electrons. The number of carbonyl (C=O) groups is 1. The molecule has 0 unspecified atom stereocenters. The van der Waals surface area contributed by atoms with Gasteiger partial charge in [-0.3, -0.25) is 14.2 Å². The molecule has 1 aromatic heterocycles. The number of ether oxygens (including phenoxy) is 2. The highest BCUT2D eigenvalue weighted by atomic mass is 32.2. The number of fused-ring (bicyclic) bond motifs is 2. The van der Waals surface area contributed by atoms with Crippen molar-refractivity contribution < 1.29 is 14.3 Å². The molecule has 1 amide bonds. The van der Waals surface area contributed by atoms with E-state index in [-0.39, 0.29) is 24.0 Å². The summed E-state index contributed by atoms with van der Waals surface area (Å²) in [4.78, 5) is 31.1. The van der Waals surface area contributed by atoms with Crippen molar-refractivity contribution in [2.45, 2.75) is 29.6 Å². The van der Waals surface area contributed by atoms with Crippen LogP contribution in [0.4, 0.5) is 0 Å². The van der Waals surface area contributed by atoms with Crippen LogP contribution in [0.3, 0.4) is 0 Å². The Balaban J connectivity index is 1.27. The smallest absolute Gasteiger partial charge is 0.268 e. The minimum absolute atomic E-state index is 0.0235. The molecule has 3 heterocycles. The van der Waals surface area contributed by atoms with Crippen LogP contribution in [0.25, 0.3) is 0 Å². The summed E-state index contributed by atoms with van der Waals surface area (Å²) in [6, 6.07) is 15.4. The highest BCUT2D eigenvalue weighted by Gasteiger charge is 2.22. The molecule has 0 radical (unpaired) electrons. The predicted octanol–water partition coefficient (Wildman–Crippen LogP) is 3.08. The predicted molar refractivity (Wildman–Crippen MR) is 124 cm³/mol. The van der Waals surface area contributed by atoms with E-state index in [4.69, 9.17) is 14.5 Å². The summed E-state index contributed by atoms with van der Waals surface area (Å²) < 4.78 is 12.4. The van der Waals surface area contributed by atoms with Gasteiger partial charge in [-0.05, 0) is 23.3 Å². The molecule has 0 fully saturated rings. The first-order valence-electron chi connectivity index (χ1n) is 10.3. The number of hydrogen-bond donors (Lipinski definition) is 1. The summed E-state index contributed by atoms with van der Waals surface area (Å²) in [6.45, 7) is 1.04. The van der Waals surface area contributed by atoms with Crippen LogP contribution in [0.15, 0.2) is 63.4 Å². The van der Waals surface area contributed by atoms with Gasteiger partial charge in [0.15, 0.2) is 16.7 Å². The lowest BCUT2D eigenvalue weighted by molar-refractivity contribution is -0.118. The fourth-order valence-corrected chi connectivity index (χ4v) is 5.46. The molecule has 0 spiro atoms. The molecule has 0 bridgehead atoms. The molecule has 9 heteroatoms. The van der Waals surface area contributed by atoms with Gasteiger partial charge in [0.25, 0.3) is 5.56 Å². The van der Waals surface area contributed by atoms with E-state index in [0.29, 0.717) is 29.7 Å². The number of thioether (sulfide) groups is 2. The molecular formula is C23H21N3O4S2. The van der Waals surface area contributed by atoms with Gasteiger partial charge in [-0.2, -0.15) is 0 Å². The first-order valence-corrected chi connectivity index (χ1v) is 12.2. The molecular weight excluding hydrogens is 446 g/mol. The average Bonchev–Trinajstić information content (AvgIpc) is 3.48. The van der Waals surface area contributed by atoms with Gasteiger partial charge in [-0.15, -0.1) is 11.8 Å². The molecule has 32 heavy (non-hydrogen) atoms. The van der Waals surface area contributed by atoms with Crippen LogP contribution in [0.2, 0.25) is 0 Å². The molecule has 5 rings (SSSR count). The molecule has 3 aromatic rings. The number of amides is 1. The summed E-state index contributed by atoms with van der Waals surface area (Å²) in [6.07, 6.45) is 0.783. The van der Waals surface area contributed by atoms with Gasteiger partial charge in [0, 0.05) is 18.7 Å². The van der Waals surface area contributed by atoms with Crippen molar-refractivity contribution in [3.8, 4) is 11.5 Å². The van der Waals surface area contributed by atoms with E-state index in [1.54, 1.807) is 16.3 Å². The molecule has 0 saturated heterocycles. The normalized spacial score (nSPS) is 13.8. The van der Waals surface area contributed by atoms with E-state index in [9.17, 15) is 9.59 Å². The summed E-state index contributed by atoms with van der Waals surface area (Å²) >= 11 is 2.86. The van der Waals surface area contributed by atoms with E-state index in [1.807, 2.05) is 48.5 Å². The van der Waals surface area contributed by atoms with Gasteiger partial charge >= 0.3 is 0 Å². The first kappa shape index (κ1) is 21.0. The van der Waals surface area contributed by atoms with E-state index in [2.05, 4.69) is 5.32 Å². The zero-order valence-electron chi connectivity index (χ0n) is 17.2. The monoisotopic (exact) mass is 467 g/mol. The second-order valence-electron chi connectivity index (χ2n) is 7.40. The van der Waals surface area contributed by atoms with Gasteiger partial charge in [0.1, 0.15) is 0 Å². The Bertz CT molecular complexity index is 1210. The van der Waals surface area contributed by atoms with E-state index < -0.39 is 0 Å². The highest BCUT2D eigenvalue weighted by Crippen LogP contribution is 2.32. The third-order valence-corrected chi connectivity index (χ3v) is 7.27. The van der Waals surface area contributed by atoms with Crippen molar-refractivity contribution in [3.63, 3.8) is 0 Å². The zero-order chi connectivity index (χ0) is 21.9. The molecule has 7 nitrogen and oxygen atoms in total. The second kappa shape index (κ2) is 9.30. The van der Waals surface area contributed by atoms with Crippen molar-refractivity contribution >= 4 is 29.4 Å². The van der Waals surface area contributed by atoms with Crippen LogP contribution in [0.1, 0.15) is 16.8 Å². The standard InChI is InChI=1S/C23H21N3O4S2/c27-20(24-11-16-6-7-18-19(10-16)30-14-29-18)13-32-23-25-17-8-9-31-21(17)22(28)26(23)12-15-4-2-1-3-5-15/h1-7,10H,8-9,11-14H2,(H,24,27). The van der Waals surface area contributed by atoms with Gasteiger partial charge < -0.3 is 14.8 Å². The fraction of sp³-hybridized carbons (Fsp3) is 0.261. The molecule has 2 aliphatic heterocycles. The summed E-state index contributed by atoms with van der Waals surface area (Å²) in [7, 11) is 0. The number of hydrogen-bond acceptors (Lipinski definition) is 7. The largest absolute Gasteiger partial charge is 0.454 e. The lowest BCUT2D eigenvalue weighted by Crippen LogP contribution is -2.28. The van der Waals surface area contributed by atoms with Gasteiger partial charge in [-0.25, -0.2) is 4.98 Å². The van der Waals surface area contributed by atoms with E-state index in [1.165, 1.54) is 11.8 Å². The first-order chi connectivity index (χ1) is 15.7. The van der Waals surface area contributed by atoms with Crippen LogP contribution < -0.4 is 20.3 Å². The van der Waals surface area contributed by atoms with Crippen LogP contribution >= 0.6 is 23.5 Å². The number of aryl methyl sites for hydroxylation is 1. The zero-order valence-corrected chi connectivity index (χ0v) is 18.8. The topological polar surface area (TPSA) is 82.5 Å². The molecule has 2 aliphatic rings. The lowest BCUT2D eigenvalue weighted by Gasteiger charge is -2.14. The Labute approximate surface area is 193 Å². The number of aromatic nitrogens is 2. The Kier molecular flexibility index (Phi) is 6.09. The van der Waals surface area contributed by atoms with Crippen LogP contribution in [0, 0.1) is 0 Å². The number of carbonyl (C=O) groups excluding carboxylic acids is 1. The van der Waals surface area contributed by atoms with Crippen molar-refractivity contribution in [1.29, 1.82) is 0 Å². The maximum Gasteiger partial charge on any atom is 0.268 e. The molecule has 0 aliphatic carbocycles. The van der Waals surface area contributed by atoms with Crippen LogP contribution in [0.5, 0.6) is 11.5 Å². The summed E-state index contributed by atoms with van der Waals surface area (Å²) in [5.74, 6) is 2.33. The highest BCUT2D eigenvalue weighted by molar-refractivity contribution is 8.00. The number of nitrogens with zero attached hydrogens (tertiary/aromatic N) is 2. The maximum atomic E-state index is 13.1. The average molecular weight is 468 g/mol. The fourth-order valence-electron chi connectivity index (χ4n) is 3.57. The minimum Gasteiger partial charge on any atom is -0.454 e. The van der Waals surface area contributed by atoms with Gasteiger partial charge in [0.05, 0.1) is 22.9 Å². The van der Waals surface area contributed by atoms with Crippen LogP contribution in [-0.2, 0) is 24.3 Å². The van der Waals surface area contributed by atoms with E-state index >= 15 is 0 Å². The molecule has 0 saturated carbocycles. The SMILES string of the molecule is O=C(CSc1nc2c(c(=O)n1Cc1ccccc1)SCC2)NCc1ccc2c(c1)OCO2. The van der Waals surface area contributed by atoms with Crippen LogP contribution in [-0.4, -0.2) is 33.8 Å². The molecule has 2 aromatic carbocycles. The summed E-state index contributed by atoms with van der Waals surface area (Å²) in [5.41, 5.74) is 2.77. The Morgan fingerprint density at radius 3 is 2.84 bits per heavy atom. The maximum absolute atomic E-state index is 13.1. The Morgan fingerprint density at radius 1 is 1.12 bits per heavy atom. The third kappa shape index (κ3) is 4.49. The third-order valence-electron chi connectivity index (χ3n) is 5.19. The Morgan fingerprint density at radius 2 is 1.97 bits per heavy atom. The second-order valence-corrected chi connectivity index (χ2v) is 9.45. The molecule has 1 N–H and O–H groups in total.